The minimum Gasteiger partial charge on any atom is -0.350 e. The van der Waals surface area contributed by atoms with Gasteiger partial charge in [0.15, 0.2) is 0 Å². The lowest BCUT2D eigenvalue weighted by Crippen LogP contribution is -2.47. The Morgan fingerprint density at radius 3 is 2.61 bits per heavy atom. The van der Waals surface area contributed by atoms with Crippen molar-refractivity contribution in [3.05, 3.63) is 65.5 Å². The van der Waals surface area contributed by atoms with Crippen molar-refractivity contribution in [2.75, 3.05) is 13.1 Å². The van der Waals surface area contributed by atoms with Crippen LogP contribution in [0.5, 0.6) is 0 Å². The zero-order valence-corrected chi connectivity index (χ0v) is 15.9. The molecule has 6 heteroatoms. The van der Waals surface area contributed by atoms with Gasteiger partial charge < -0.3 is 15.5 Å². The van der Waals surface area contributed by atoms with Gasteiger partial charge in [-0.05, 0) is 48.9 Å². The molecule has 3 amide bonds. The summed E-state index contributed by atoms with van der Waals surface area (Å²) in [4.78, 5) is 31.1. The average molecular weight is 378 g/mol. The van der Waals surface area contributed by atoms with Crippen LogP contribution in [0.3, 0.4) is 0 Å². The first-order valence-electron chi connectivity index (χ1n) is 10.0. The topological polar surface area (TPSA) is 74.3 Å². The third-order valence-electron chi connectivity index (χ3n) is 5.75. The molecule has 0 unspecified atom stereocenters. The Morgan fingerprint density at radius 2 is 1.82 bits per heavy atom. The van der Waals surface area contributed by atoms with Crippen molar-refractivity contribution in [3.63, 3.8) is 0 Å². The Morgan fingerprint density at radius 1 is 1.04 bits per heavy atom. The fourth-order valence-corrected chi connectivity index (χ4v) is 4.12. The molecule has 4 rings (SSSR count). The van der Waals surface area contributed by atoms with Gasteiger partial charge in [0.1, 0.15) is 0 Å². The highest BCUT2D eigenvalue weighted by Gasteiger charge is 2.30. The average Bonchev–Trinajstić information content (AvgIpc) is 3.16. The molecule has 1 aliphatic carbocycles. The monoisotopic (exact) mass is 378 g/mol. The number of aryl methyl sites for hydroxylation is 1. The zero-order chi connectivity index (χ0) is 19.3. The number of hydrogen-bond acceptors (Lipinski definition) is 3. The predicted octanol–water partition coefficient (Wildman–Crippen LogP) is 2.81. The van der Waals surface area contributed by atoms with Crippen molar-refractivity contribution < 1.29 is 9.59 Å². The summed E-state index contributed by atoms with van der Waals surface area (Å²) in [6.45, 7) is 1.67. The highest BCUT2D eigenvalue weighted by atomic mass is 16.2. The van der Waals surface area contributed by atoms with Crippen LogP contribution in [-0.4, -0.2) is 34.9 Å². The Hall–Kier alpha value is -2.89. The summed E-state index contributed by atoms with van der Waals surface area (Å²) < 4.78 is 0. The second-order valence-corrected chi connectivity index (χ2v) is 7.54. The van der Waals surface area contributed by atoms with Gasteiger partial charge in [-0.15, -0.1) is 0 Å². The van der Waals surface area contributed by atoms with Crippen LogP contribution in [-0.2, 0) is 17.8 Å². The third-order valence-corrected chi connectivity index (χ3v) is 5.75. The number of aromatic nitrogens is 1. The number of benzene rings is 1. The maximum absolute atomic E-state index is 12.7. The summed E-state index contributed by atoms with van der Waals surface area (Å²) in [5.41, 5.74) is 3.42. The van der Waals surface area contributed by atoms with E-state index >= 15 is 0 Å². The summed E-state index contributed by atoms with van der Waals surface area (Å²) >= 11 is 0. The molecule has 6 nitrogen and oxygen atoms in total. The van der Waals surface area contributed by atoms with Crippen LogP contribution in [0.2, 0.25) is 0 Å². The minimum atomic E-state index is -0.0417. The lowest BCUT2D eigenvalue weighted by Gasteiger charge is -2.32. The van der Waals surface area contributed by atoms with E-state index < -0.39 is 0 Å². The third kappa shape index (κ3) is 4.16. The maximum atomic E-state index is 12.7. The van der Waals surface area contributed by atoms with E-state index in [-0.39, 0.29) is 23.9 Å². The second-order valence-electron chi connectivity index (χ2n) is 7.54. The fraction of sp³-hybridized carbons (Fsp3) is 0.409. The predicted molar refractivity (Wildman–Crippen MR) is 106 cm³/mol. The molecule has 2 aromatic rings. The van der Waals surface area contributed by atoms with E-state index in [9.17, 15) is 9.59 Å². The normalized spacial score (nSPS) is 19.1. The molecule has 2 aliphatic rings. The number of piperidine rings is 1. The van der Waals surface area contributed by atoms with E-state index in [4.69, 9.17) is 0 Å². The molecule has 1 aromatic carbocycles. The standard InChI is InChI=1S/C22H26N4O2/c27-21(24-15-18-6-3-4-12-23-18)17-10-13-26(14-11-17)22(28)25-20-9-8-16-5-1-2-7-19(16)20/h1-7,12,17,20H,8-11,13-15H2,(H,24,27)(H,25,28)/t20-/m1/s1. The first-order valence-corrected chi connectivity index (χ1v) is 10.0. The molecule has 1 fully saturated rings. The number of nitrogens with zero attached hydrogens (tertiary/aromatic N) is 2. The largest absolute Gasteiger partial charge is 0.350 e. The molecule has 1 aromatic heterocycles. The maximum Gasteiger partial charge on any atom is 0.317 e. The SMILES string of the molecule is O=C(NCc1ccccn1)C1CCN(C(=O)N[C@@H]2CCc3ccccc32)CC1. The molecule has 1 aliphatic heterocycles. The first-order chi connectivity index (χ1) is 13.7. The van der Waals surface area contributed by atoms with E-state index in [0.29, 0.717) is 32.5 Å². The Labute approximate surface area is 165 Å². The summed E-state index contributed by atoms with van der Waals surface area (Å²) in [6, 6.07) is 14.1. The molecule has 1 atom stereocenters. The summed E-state index contributed by atoms with van der Waals surface area (Å²) in [5, 5.41) is 6.14. The lowest BCUT2D eigenvalue weighted by molar-refractivity contribution is -0.126. The van der Waals surface area contributed by atoms with Gasteiger partial charge in [0.05, 0.1) is 18.3 Å². The Balaban J connectivity index is 1.24. The molecule has 0 radical (unpaired) electrons. The van der Waals surface area contributed by atoms with Gasteiger partial charge in [0, 0.05) is 25.2 Å². The number of urea groups is 1. The molecular formula is C22H26N4O2. The van der Waals surface area contributed by atoms with Crippen LogP contribution in [0.1, 0.15) is 42.1 Å². The van der Waals surface area contributed by atoms with Crippen molar-refractivity contribution >= 4 is 11.9 Å². The van der Waals surface area contributed by atoms with Crippen molar-refractivity contribution in [2.45, 2.75) is 38.3 Å². The number of nitrogens with one attached hydrogen (secondary N) is 2. The highest BCUT2D eigenvalue weighted by Crippen LogP contribution is 2.31. The van der Waals surface area contributed by atoms with Gasteiger partial charge in [0.25, 0.3) is 0 Å². The van der Waals surface area contributed by atoms with Crippen molar-refractivity contribution in [1.29, 1.82) is 0 Å². The van der Waals surface area contributed by atoms with Gasteiger partial charge >= 0.3 is 6.03 Å². The molecule has 0 spiro atoms. The Kier molecular flexibility index (Phi) is 5.55. The number of amides is 3. The quantitative estimate of drug-likeness (QED) is 0.859. The van der Waals surface area contributed by atoms with Crippen molar-refractivity contribution in [1.82, 2.24) is 20.5 Å². The number of carbonyl (C=O) groups is 2. The van der Waals surface area contributed by atoms with Crippen LogP contribution in [0.4, 0.5) is 4.79 Å². The molecule has 0 saturated carbocycles. The van der Waals surface area contributed by atoms with Gasteiger partial charge in [-0.2, -0.15) is 0 Å². The zero-order valence-electron chi connectivity index (χ0n) is 15.9. The number of hydrogen-bond donors (Lipinski definition) is 2. The molecule has 146 valence electrons. The number of likely N-dealkylation sites (tertiary alicyclic amines) is 1. The molecular weight excluding hydrogens is 352 g/mol. The minimum absolute atomic E-state index is 0.0194. The van der Waals surface area contributed by atoms with Gasteiger partial charge in [0.2, 0.25) is 5.91 Å². The van der Waals surface area contributed by atoms with E-state index in [1.165, 1.54) is 11.1 Å². The Bertz CT molecular complexity index is 831. The van der Waals surface area contributed by atoms with Crippen LogP contribution in [0.15, 0.2) is 48.7 Å². The van der Waals surface area contributed by atoms with E-state index in [1.807, 2.05) is 35.2 Å². The molecule has 0 bridgehead atoms. The number of carbonyl (C=O) groups excluding carboxylic acids is 2. The van der Waals surface area contributed by atoms with Gasteiger partial charge in [-0.25, -0.2) is 4.79 Å². The van der Waals surface area contributed by atoms with E-state index in [0.717, 1.165) is 18.5 Å². The van der Waals surface area contributed by atoms with Crippen LogP contribution in [0, 0.1) is 5.92 Å². The second kappa shape index (κ2) is 8.42. The molecule has 2 N–H and O–H groups in total. The number of pyridine rings is 1. The van der Waals surface area contributed by atoms with E-state index in [1.54, 1.807) is 6.20 Å². The molecule has 2 heterocycles. The van der Waals surface area contributed by atoms with Gasteiger partial charge in [-0.1, -0.05) is 30.3 Å². The summed E-state index contributed by atoms with van der Waals surface area (Å²) in [5.74, 6) is 0.00963. The lowest BCUT2D eigenvalue weighted by atomic mass is 9.96. The van der Waals surface area contributed by atoms with Gasteiger partial charge in [-0.3, -0.25) is 9.78 Å². The van der Waals surface area contributed by atoms with E-state index in [2.05, 4.69) is 27.8 Å². The molecule has 1 saturated heterocycles. The van der Waals surface area contributed by atoms with Crippen molar-refractivity contribution in [3.8, 4) is 0 Å². The molecule has 28 heavy (non-hydrogen) atoms. The number of rotatable bonds is 4. The summed E-state index contributed by atoms with van der Waals surface area (Å²) in [7, 11) is 0. The number of fused-ring (bicyclic) bond motifs is 1. The summed E-state index contributed by atoms with van der Waals surface area (Å²) in [6.07, 6.45) is 5.09. The fourth-order valence-electron chi connectivity index (χ4n) is 4.12. The van der Waals surface area contributed by atoms with Crippen LogP contribution in [0.25, 0.3) is 0 Å². The van der Waals surface area contributed by atoms with Crippen LogP contribution >= 0.6 is 0 Å². The first kappa shape index (κ1) is 18.5. The smallest absolute Gasteiger partial charge is 0.317 e. The highest BCUT2D eigenvalue weighted by molar-refractivity contribution is 5.79. The van der Waals surface area contributed by atoms with Crippen LogP contribution < -0.4 is 10.6 Å². The van der Waals surface area contributed by atoms with Crippen molar-refractivity contribution in [2.24, 2.45) is 5.92 Å².